The summed E-state index contributed by atoms with van der Waals surface area (Å²) >= 11 is 3.43. The van der Waals surface area contributed by atoms with Gasteiger partial charge in [-0.15, -0.1) is 0 Å². The largest absolute Gasteiger partial charge is 0.494 e. The van der Waals surface area contributed by atoms with Gasteiger partial charge in [-0.1, -0.05) is 81.1 Å². The molecule has 1 N–H and O–H groups in total. The van der Waals surface area contributed by atoms with Crippen molar-refractivity contribution in [2.75, 3.05) is 6.61 Å². The van der Waals surface area contributed by atoms with Crippen molar-refractivity contribution < 1.29 is 19.1 Å². The number of hydrazone groups is 1. The predicted octanol–water partition coefficient (Wildman–Crippen LogP) is 7.83. The molecule has 0 aliphatic carbocycles. The van der Waals surface area contributed by atoms with Crippen LogP contribution in [0, 0.1) is 0 Å². The molecule has 0 fully saturated rings. The smallest absolute Gasteiger partial charge is 0.343 e. The molecule has 0 atom stereocenters. The first kappa shape index (κ1) is 29.6. The van der Waals surface area contributed by atoms with Gasteiger partial charge in [0.25, 0.3) is 0 Å². The van der Waals surface area contributed by atoms with Crippen molar-refractivity contribution in [1.82, 2.24) is 5.43 Å². The van der Waals surface area contributed by atoms with Gasteiger partial charge >= 0.3 is 5.97 Å². The standard InChI is InChI=1S/C29H39BrN2O4/c1-3-5-6-7-8-9-10-11-12-13-28(33)32-31-22-24-21-25(30)16-19-27(24)36-29(34)23-14-17-26(18-15-23)35-20-4-2/h14-19,21-22H,3-13,20H2,1-2H3,(H,32,33)/b31-22+. The van der Waals surface area contributed by atoms with Gasteiger partial charge in [0.1, 0.15) is 11.5 Å². The first-order valence-electron chi connectivity index (χ1n) is 13.1. The minimum atomic E-state index is -0.483. The lowest BCUT2D eigenvalue weighted by atomic mass is 10.1. The summed E-state index contributed by atoms with van der Waals surface area (Å²) < 4.78 is 12.0. The second kappa shape index (κ2) is 17.7. The van der Waals surface area contributed by atoms with Crippen molar-refractivity contribution in [2.45, 2.75) is 84.5 Å². The van der Waals surface area contributed by atoms with E-state index in [4.69, 9.17) is 9.47 Å². The lowest BCUT2D eigenvalue weighted by molar-refractivity contribution is -0.121. The molecule has 2 aromatic carbocycles. The Morgan fingerprint density at radius 3 is 2.22 bits per heavy atom. The lowest BCUT2D eigenvalue weighted by Gasteiger charge is -2.09. The Labute approximate surface area is 224 Å². The number of carbonyl (C=O) groups excluding carboxylic acids is 2. The normalized spacial score (nSPS) is 11.0. The molecule has 2 rings (SSSR count). The molecular formula is C29H39BrN2O4. The third kappa shape index (κ3) is 11.8. The van der Waals surface area contributed by atoms with Crippen molar-refractivity contribution in [3.05, 3.63) is 58.1 Å². The van der Waals surface area contributed by atoms with Crippen LogP contribution in [0.5, 0.6) is 11.5 Å². The number of rotatable bonds is 17. The maximum atomic E-state index is 12.6. The van der Waals surface area contributed by atoms with E-state index >= 15 is 0 Å². The van der Waals surface area contributed by atoms with Gasteiger partial charge in [0.2, 0.25) is 5.91 Å². The molecule has 0 saturated carbocycles. The Morgan fingerprint density at radius 2 is 1.56 bits per heavy atom. The zero-order valence-electron chi connectivity index (χ0n) is 21.6. The van der Waals surface area contributed by atoms with Crippen molar-refractivity contribution in [1.29, 1.82) is 0 Å². The van der Waals surface area contributed by atoms with E-state index in [2.05, 4.69) is 33.4 Å². The number of benzene rings is 2. The van der Waals surface area contributed by atoms with Crippen LogP contribution >= 0.6 is 15.9 Å². The van der Waals surface area contributed by atoms with E-state index in [1.54, 1.807) is 42.5 Å². The van der Waals surface area contributed by atoms with Gasteiger partial charge in [-0.05, 0) is 55.3 Å². The summed E-state index contributed by atoms with van der Waals surface area (Å²) in [4.78, 5) is 24.7. The van der Waals surface area contributed by atoms with E-state index in [9.17, 15) is 9.59 Å². The third-order valence-electron chi connectivity index (χ3n) is 5.64. The van der Waals surface area contributed by atoms with Gasteiger partial charge < -0.3 is 9.47 Å². The van der Waals surface area contributed by atoms with Gasteiger partial charge in [0.05, 0.1) is 18.4 Å². The van der Waals surface area contributed by atoms with Crippen LogP contribution in [0.2, 0.25) is 0 Å². The van der Waals surface area contributed by atoms with E-state index in [1.165, 1.54) is 51.2 Å². The molecule has 0 aromatic heterocycles. The predicted molar refractivity (Wildman–Crippen MR) is 149 cm³/mol. The summed E-state index contributed by atoms with van der Waals surface area (Å²) in [6.45, 7) is 4.89. The highest BCUT2D eigenvalue weighted by Crippen LogP contribution is 2.23. The van der Waals surface area contributed by atoms with Gasteiger partial charge in [-0.2, -0.15) is 5.10 Å². The molecule has 0 bridgehead atoms. The van der Waals surface area contributed by atoms with E-state index < -0.39 is 5.97 Å². The lowest BCUT2D eigenvalue weighted by Crippen LogP contribution is -2.17. The summed E-state index contributed by atoms with van der Waals surface area (Å²) in [6, 6.07) is 12.1. The summed E-state index contributed by atoms with van der Waals surface area (Å²) in [5.74, 6) is 0.464. The van der Waals surface area contributed by atoms with E-state index in [-0.39, 0.29) is 5.91 Å². The molecule has 0 spiro atoms. The first-order valence-corrected chi connectivity index (χ1v) is 13.9. The minimum absolute atomic E-state index is 0.117. The summed E-state index contributed by atoms with van der Waals surface area (Å²) in [6.07, 6.45) is 13.7. The van der Waals surface area contributed by atoms with Crippen LogP contribution in [0.1, 0.15) is 100 Å². The summed E-state index contributed by atoms with van der Waals surface area (Å²) in [5, 5.41) is 4.07. The van der Waals surface area contributed by atoms with Crippen LogP contribution < -0.4 is 14.9 Å². The number of hydrogen-bond donors (Lipinski definition) is 1. The van der Waals surface area contributed by atoms with Crippen LogP contribution in [-0.4, -0.2) is 24.7 Å². The number of amides is 1. The van der Waals surface area contributed by atoms with Crippen LogP contribution in [0.25, 0.3) is 0 Å². The van der Waals surface area contributed by atoms with Gasteiger partial charge in [-0.3, -0.25) is 4.79 Å². The molecule has 0 unspecified atom stereocenters. The fourth-order valence-corrected chi connectivity index (χ4v) is 3.98. The number of hydrogen-bond acceptors (Lipinski definition) is 5. The highest BCUT2D eigenvalue weighted by Gasteiger charge is 2.12. The van der Waals surface area contributed by atoms with Gasteiger partial charge in [-0.25, -0.2) is 10.2 Å². The second-order valence-electron chi connectivity index (χ2n) is 8.82. The van der Waals surface area contributed by atoms with E-state index in [0.29, 0.717) is 35.7 Å². The second-order valence-corrected chi connectivity index (χ2v) is 9.73. The molecular weight excluding hydrogens is 520 g/mol. The molecule has 0 radical (unpaired) electrons. The summed E-state index contributed by atoms with van der Waals surface area (Å²) in [5.41, 5.74) is 3.56. The van der Waals surface area contributed by atoms with Gasteiger partial charge in [0, 0.05) is 16.5 Å². The Kier molecular flexibility index (Phi) is 14.5. The average molecular weight is 560 g/mol. The molecule has 0 aliphatic rings. The molecule has 36 heavy (non-hydrogen) atoms. The first-order chi connectivity index (χ1) is 17.5. The fraction of sp³-hybridized carbons (Fsp3) is 0.483. The number of carbonyl (C=O) groups is 2. The molecule has 7 heteroatoms. The number of nitrogens with zero attached hydrogens (tertiary/aromatic N) is 1. The topological polar surface area (TPSA) is 77.0 Å². The third-order valence-corrected chi connectivity index (χ3v) is 6.13. The Bertz CT molecular complexity index is 960. The van der Waals surface area contributed by atoms with Gasteiger partial charge in [0.15, 0.2) is 0 Å². The number of nitrogens with one attached hydrogen (secondary N) is 1. The molecule has 0 aliphatic heterocycles. The molecule has 196 valence electrons. The zero-order valence-corrected chi connectivity index (χ0v) is 23.1. The monoisotopic (exact) mass is 558 g/mol. The maximum absolute atomic E-state index is 12.6. The van der Waals surface area contributed by atoms with Crippen LogP contribution in [0.4, 0.5) is 0 Å². The van der Waals surface area contributed by atoms with E-state index in [0.717, 1.165) is 23.7 Å². The zero-order chi connectivity index (χ0) is 26.0. The summed E-state index contributed by atoms with van der Waals surface area (Å²) in [7, 11) is 0. The number of ether oxygens (including phenoxy) is 2. The average Bonchev–Trinajstić information content (AvgIpc) is 2.88. The number of halogens is 1. The Hall–Kier alpha value is -2.67. The molecule has 0 saturated heterocycles. The van der Waals surface area contributed by atoms with Crippen LogP contribution in [0.15, 0.2) is 52.0 Å². The van der Waals surface area contributed by atoms with Crippen molar-refractivity contribution >= 4 is 34.0 Å². The van der Waals surface area contributed by atoms with E-state index in [1.807, 2.05) is 6.92 Å². The highest BCUT2D eigenvalue weighted by molar-refractivity contribution is 9.10. The Balaban J connectivity index is 1.79. The molecule has 2 aromatic rings. The molecule has 6 nitrogen and oxygen atoms in total. The SMILES string of the molecule is CCCCCCCCCCCC(=O)N/N=C/c1cc(Br)ccc1OC(=O)c1ccc(OCCC)cc1. The van der Waals surface area contributed by atoms with Crippen molar-refractivity contribution in [3.63, 3.8) is 0 Å². The van der Waals surface area contributed by atoms with Crippen LogP contribution in [0.3, 0.4) is 0 Å². The number of esters is 1. The Morgan fingerprint density at radius 1 is 0.889 bits per heavy atom. The quantitative estimate of drug-likeness (QED) is 0.0705. The highest BCUT2D eigenvalue weighted by atomic mass is 79.9. The molecule has 1 amide bonds. The minimum Gasteiger partial charge on any atom is -0.494 e. The van der Waals surface area contributed by atoms with Crippen molar-refractivity contribution in [2.24, 2.45) is 5.10 Å². The molecule has 0 heterocycles. The maximum Gasteiger partial charge on any atom is 0.343 e. The van der Waals surface area contributed by atoms with Crippen LogP contribution in [-0.2, 0) is 4.79 Å². The fourth-order valence-electron chi connectivity index (χ4n) is 3.61. The number of unbranched alkanes of at least 4 members (excludes halogenated alkanes) is 8. The van der Waals surface area contributed by atoms with Crippen molar-refractivity contribution in [3.8, 4) is 11.5 Å².